The molecule has 2 aliphatic rings. The Kier molecular flexibility index (Phi) is 3.11. The van der Waals surface area contributed by atoms with Gasteiger partial charge in [0.15, 0.2) is 0 Å². The lowest BCUT2D eigenvalue weighted by atomic mass is 10.1. The van der Waals surface area contributed by atoms with Crippen molar-refractivity contribution in [3.63, 3.8) is 0 Å². The summed E-state index contributed by atoms with van der Waals surface area (Å²) in [5.74, 6) is 0. The first kappa shape index (κ1) is 10.7. The number of carbonyl (C=O) groups excluding carboxylic acids is 1. The molecule has 2 amide bonds. The van der Waals surface area contributed by atoms with E-state index in [2.05, 4.69) is 5.32 Å². The number of ether oxygens (including phenoxy) is 1. The Labute approximate surface area is 89.9 Å². The number of nitrogens with one attached hydrogen (secondary N) is 1. The third-order valence-corrected chi connectivity index (χ3v) is 3.30. The standard InChI is InChI=1S/C10H19N3O2/c11-7-10(1-2-10)8-12-9(14)13-3-5-15-6-4-13/h1-8,11H2,(H,12,14). The maximum absolute atomic E-state index is 11.7. The summed E-state index contributed by atoms with van der Waals surface area (Å²) in [5, 5.41) is 2.96. The number of amides is 2. The molecule has 15 heavy (non-hydrogen) atoms. The van der Waals surface area contributed by atoms with E-state index in [9.17, 15) is 4.79 Å². The number of hydrogen-bond acceptors (Lipinski definition) is 3. The van der Waals surface area contributed by atoms with Crippen molar-refractivity contribution < 1.29 is 9.53 Å². The number of rotatable bonds is 3. The fourth-order valence-electron chi connectivity index (χ4n) is 1.77. The lowest BCUT2D eigenvalue weighted by Crippen LogP contribution is -2.48. The molecule has 0 bridgehead atoms. The second kappa shape index (κ2) is 4.37. The van der Waals surface area contributed by atoms with Crippen LogP contribution in [-0.4, -0.2) is 50.3 Å². The Hall–Kier alpha value is -0.810. The van der Waals surface area contributed by atoms with Gasteiger partial charge in [-0.05, 0) is 19.4 Å². The zero-order valence-corrected chi connectivity index (χ0v) is 9.00. The summed E-state index contributed by atoms with van der Waals surface area (Å²) in [6.45, 7) is 4.09. The van der Waals surface area contributed by atoms with Gasteiger partial charge in [-0.15, -0.1) is 0 Å². The SMILES string of the molecule is NCC1(CNC(=O)N2CCOCC2)CC1. The molecule has 5 nitrogen and oxygen atoms in total. The molecule has 1 aliphatic heterocycles. The maximum atomic E-state index is 11.7. The van der Waals surface area contributed by atoms with E-state index in [1.165, 1.54) is 0 Å². The van der Waals surface area contributed by atoms with Crippen LogP contribution in [0.5, 0.6) is 0 Å². The second-order valence-electron chi connectivity index (χ2n) is 4.46. The molecule has 0 atom stereocenters. The van der Waals surface area contributed by atoms with Gasteiger partial charge in [-0.1, -0.05) is 0 Å². The normalized spacial score (nSPS) is 23.7. The average molecular weight is 213 g/mol. The number of nitrogens with zero attached hydrogens (tertiary/aromatic N) is 1. The molecule has 1 saturated carbocycles. The van der Waals surface area contributed by atoms with E-state index in [0.717, 1.165) is 19.4 Å². The summed E-state index contributed by atoms with van der Waals surface area (Å²) in [4.78, 5) is 13.5. The number of nitrogens with two attached hydrogens (primary N) is 1. The molecule has 0 aromatic heterocycles. The van der Waals surface area contributed by atoms with Crippen LogP contribution in [0.15, 0.2) is 0 Å². The van der Waals surface area contributed by atoms with E-state index in [0.29, 0.717) is 32.8 Å². The molecule has 0 radical (unpaired) electrons. The van der Waals surface area contributed by atoms with E-state index in [1.807, 2.05) is 0 Å². The molecular weight excluding hydrogens is 194 g/mol. The molecule has 1 aliphatic carbocycles. The quantitative estimate of drug-likeness (QED) is 0.680. The van der Waals surface area contributed by atoms with Crippen LogP contribution in [0.2, 0.25) is 0 Å². The van der Waals surface area contributed by atoms with Crippen molar-refractivity contribution in [2.75, 3.05) is 39.4 Å². The van der Waals surface area contributed by atoms with Crippen LogP contribution in [0.1, 0.15) is 12.8 Å². The number of hydrogen-bond donors (Lipinski definition) is 2. The third kappa shape index (κ3) is 2.60. The van der Waals surface area contributed by atoms with Crippen LogP contribution in [0, 0.1) is 5.41 Å². The van der Waals surface area contributed by atoms with Crippen molar-refractivity contribution in [1.29, 1.82) is 0 Å². The van der Waals surface area contributed by atoms with Crippen molar-refractivity contribution in [2.24, 2.45) is 11.1 Å². The van der Waals surface area contributed by atoms with Gasteiger partial charge in [0, 0.05) is 25.0 Å². The van der Waals surface area contributed by atoms with Crippen molar-refractivity contribution in [3.05, 3.63) is 0 Å². The monoisotopic (exact) mass is 213 g/mol. The van der Waals surface area contributed by atoms with Crippen LogP contribution < -0.4 is 11.1 Å². The number of morpholine rings is 1. The highest BCUT2D eigenvalue weighted by Gasteiger charge is 2.41. The van der Waals surface area contributed by atoms with Gasteiger partial charge >= 0.3 is 6.03 Å². The lowest BCUT2D eigenvalue weighted by molar-refractivity contribution is 0.0529. The summed E-state index contributed by atoms with van der Waals surface area (Å²) in [7, 11) is 0. The van der Waals surface area contributed by atoms with Crippen molar-refractivity contribution in [1.82, 2.24) is 10.2 Å². The predicted molar refractivity (Wildman–Crippen MR) is 56.5 cm³/mol. The molecule has 0 unspecified atom stereocenters. The van der Waals surface area contributed by atoms with E-state index in [-0.39, 0.29) is 11.4 Å². The van der Waals surface area contributed by atoms with Crippen molar-refractivity contribution in [2.45, 2.75) is 12.8 Å². The number of urea groups is 1. The van der Waals surface area contributed by atoms with E-state index in [4.69, 9.17) is 10.5 Å². The maximum Gasteiger partial charge on any atom is 0.317 e. The van der Waals surface area contributed by atoms with Gasteiger partial charge in [0.2, 0.25) is 0 Å². The van der Waals surface area contributed by atoms with Gasteiger partial charge in [-0.2, -0.15) is 0 Å². The largest absolute Gasteiger partial charge is 0.378 e. The highest BCUT2D eigenvalue weighted by atomic mass is 16.5. The Bertz CT molecular complexity index is 235. The average Bonchev–Trinajstić information content (AvgIpc) is 3.08. The summed E-state index contributed by atoms with van der Waals surface area (Å²) in [6.07, 6.45) is 2.29. The van der Waals surface area contributed by atoms with E-state index in [1.54, 1.807) is 4.90 Å². The van der Waals surface area contributed by atoms with Crippen LogP contribution in [-0.2, 0) is 4.74 Å². The Morgan fingerprint density at radius 1 is 1.40 bits per heavy atom. The van der Waals surface area contributed by atoms with Gasteiger partial charge in [-0.3, -0.25) is 0 Å². The topological polar surface area (TPSA) is 67.6 Å². The van der Waals surface area contributed by atoms with Gasteiger partial charge < -0.3 is 20.7 Å². The summed E-state index contributed by atoms with van der Waals surface area (Å²) in [5.41, 5.74) is 5.86. The Morgan fingerprint density at radius 2 is 2.07 bits per heavy atom. The molecule has 1 saturated heterocycles. The molecule has 0 aromatic rings. The minimum absolute atomic E-state index is 0.0259. The molecule has 2 rings (SSSR count). The summed E-state index contributed by atoms with van der Waals surface area (Å²) in [6, 6.07) is 0.0259. The van der Waals surface area contributed by atoms with Crippen LogP contribution in [0.4, 0.5) is 4.79 Å². The second-order valence-corrected chi connectivity index (χ2v) is 4.46. The van der Waals surface area contributed by atoms with Gasteiger partial charge in [-0.25, -0.2) is 4.79 Å². The summed E-state index contributed by atoms with van der Waals surface area (Å²) >= 11 is 0. The molecule has 0 spiro atoms. The minimum Gasteiger partial charge on any atom is -0.378 e. The molecule has 5 heteroatoms. The first-order valence-electron chi connectivity index (χ1n) is 5.56. The highest BCUT2D eigenvalue weighted by Crippen LogP contribution is 2.43. The van der Waals surface area contributed by atoms with Gasteiger partial charge in [0.25, 0.3) is 0 Å². The Balaban J connectivity index is 1.72. The molecule has 2 fully saturated rings. The first-order chi connectivity index (χ1) is 7.26. The zero-order chi connectivity index (χ0) is 10.7. The van der Waals surface area contributed by atoms with Crippen molar-refractivity contribution >= 4 is 6.03 Å². The van der Waals surface area contributed by atoms with E-state index < -0.39 is 0 Å². The zero-order valence-electron chi connectivity index (χ0n) is 9.00. The van der Waals surface area contributed by atoms with Gasteiger partial charge in [0.05, 0.1) is 13.2 Å². The Morgan fingerprint density at radius 3 is 2.60 bits per heavy atom. The molecule has 86 valence electrons. The predicted octanol–water partition coefficient (Wildman–Crippen LogP) is -0.233. The number of carbonyl (C=O) groups is 1. The minimum atomic E-state index is 0.0259. The third-order valence-electron chi connectivity index (χ3n) is 3.30. The molecular formula is C10H19N3O2. The molecule has 1 heterocycles. The smallest absolute Gasteiger partial charge is 0.317 e. The van der Waals surface area contributed by atoms with Gasteiger partial charge in [0.1, 0.15) is 0 Å². The highest BCUT2D eigenvalue weighted by molar-refractivity contribution is 5.74. The van der Waals surface area contributed by atoms with Crippen molar-refractivity contribution in [3.8, 4) is 0 Å². The molecule has 3 N–H and O–H groups in total. The lowest BCUT2D eigenvalue weighted by Gasteiger charge is -2.27. The van der Waals surface area contributed by atoms with Crippen LogP contribution in [0.3, 0.4) is 0 Å². The fourth-order valence-corrected chi connectivity index (χ4v) is 1.77. The summed E-state index contributed by atoms with van der Waals surface area (Å²) < 4.78 is 5.19. The van der Waals surface area contributed by atoms with E-state index >= 15 is 0 Å². The fraction of sp³-hybridized carbons (Fsp3) is 0.900. The molecule has 0 aromatic carbocycles. The van der Waals surface area contributed by atoms with Crippen LogP contribution in [0.25, 0.3) is 0 Å². The first-order valence-corrected chi connectivity index (χ1v) is 5.56. The van der Waals surface area contributed by atoms with Crippen LogP contribution >= 0.6 is 0 Å².